The predicted molar refractivity (Wildman–Crippen MR) is 73.0 cm³/mol. The van der Waals surface area contributed by atoms with Crippen LogP contribution in [0.1, 0.15) is 10.6 Å². The Hall–Kier alpha value is -3.23. The summed E-state index contributed by atoms with van der Waals surface area (Å²) in [7, 11) is 1.24. The van der Waals surface area contributed by atoms with Crippen LogP contribution in [0.25, 0.3) is 16.6 Å². The summed E-state index contributed by atoms with van der Waals surface area (Å²) in [5, 5.41) is 4.35. The number of carbonyl (C=O) groups is 1. The van der Waals surface area contributed by atoms with Gasteiger partial charge < -0.3 is 15.5 Å². The third-order valence-electron chi connectivity index (χ3n) is 2.90. The number of hydrogen-bond donors (Lipinski definition) is 2. The smallest absolute Gasteiger partial charge is 0.377 e. The number of benzene rings is 1. The molecule has 0 amide bonds. The van der Waals surface area contributed by atoms with E-state index >= 15 is 0 Å². The summed E-state index contributed by atoms with van der Waals surface area (Å²) in [5.41, 5.74) is 6.86. The largest absolute Gasteiger partial charge is 0.463 e. The van der Waals surface area contributed by atoms with Crippen LogP contribution in [-0.2, 0) is 4.74 Å². The molecular weight excluding hydrogens is 276 g/mol. The zero-order chi connectivity index (χ0) is 15.0. The van der Waals surface area contributed by atoms with Gasteiger partial charge in [-0.05, 0) is 12.1 Å². The van der Waals surface area contributed by atoms with E-state index in [4.69, 9.17) is 5.73 Å². The van der Waals surface area contributed by atoms with Gasteiger partial charge in [0.05, 0.1) is 35.7 Å². The number of fused-ring (bicyclic) bond motifs is 1. The summed E-state index contributed by atoms with van der Waals surface area (Å²) in [6.07, 6.45) is 2.63. The van der Waals surface area contributed by atoms with E-state index in [-0.39, 0.29) is 11.4 Å². The van der Waals surface area contributed by atoms with E-state index in [2.05, 4.69) is 24.8 Å². The Labute approximate surface area is 117 Å². The highest BCUT2D eigenvalue weighted by atomic mass is 16.5. The number of methoxy groups -OCH3 is 1. The fourth-order valence-corrected chi connectivity index (χ4v) is 1.88. The standard InChI is InChI=1S/C12H10N6O3/c1-21-12(20)10-16-5-18(17-10)9-3-8-6(2-7(9)13)11(19)15-4-14-8/h2-5H,13H2,1H3,(H,14,15,19). The maximum absolute atomic E-state index is 11.7. The van der Waals surface area contributed by atoms with Gasteiger partial charge in [0.2, 0.25) is 0 Å². The van der Waals surface area contributed by atoms with Crippen LogP contribution in [0.2, 0.25) is 0 Å². The van der Waals surface area contributed by atoms with Crippen molar-refractivity contribution in [3.8, 4) is 5.69 Å². The van der Waals surface area contributed by atoms with Crippen LogP contribution < -0.4 is 11.3 Å². The molecule has 0 aliphatic rings. The van der Waals surface area contributed by atoms with Gasteiger partial charge in [0.15, 0.2) is 0 Å². The molecular formula is C12H10N6O3. The van der Waals surface area contributed by atoms with Crippen molar-refractivity contribution in [2.75, 3.05) is 12.8 Å². The van der Waals surface area contributed by atoms with E-state index in [9.17, 15) is 9.59 Å². The molecule has 0 aliphatic carbocycles. The molecule has 21 heavy (non-hydrogen) atoms. The normalized spacial score (nSPS) is 10.7. The molecule has 9 heteroatoms. The second-order valence-corrected chi connectivity index (χ2v) is 4.16. The summed E-state index contributed by atoms with van der Waals surface area (Å²) in [6, 6.07) is 3.09. The zero-order valence-corrected chi connectivity index (χ0v) is 10.9. The average molecular weight is 286 g/mol. The van der Waals surface area contributed by atoms with Crippen molar-refractivity contribution in [1.29, 1.82) is 0 Å². The second kappa shape index (κ2) is 4.71. The summed E-state index contributed by atoms with van der Waals surface area (Å²) in [5.74, 6) is -0.737. The van der Waals surface area contributed by atoms with Crippen molar-refractivity contribution in [1.82, 2.24) is 24.7 Å². The molecule has 3 rings (SSSR count). The highest BCUT2D eigenvalue weighted by Crippen LogP contribution is 2.21. The first kappa shape index (κ1) is 12.8. The highest BCUT2D eigenvalue weighted by Gasteiger charge is 2.14. The van der Waals surface area contributed by atoms with Crippen molar-refractivity contribution in [3.05, 3.63) is 41.0 Å². The Morgan fingerprint density at radius 1 is 1.38 bits per heavy atom. The number of nitrogens with zero attached hydrogens (tertiary/aromatic N) is 4. The van der Waals surface area contributed by atoms with E-state index in [1.807, 2.05) is 0 Å². The number of hydrogen-bond acceptors (Lipinski definition) is 7. The summed E-state index contributed by atoms with van der Waals surface area (Å²) in [6.45, 7) is 0. The van der Waals surface area contributed by atoms with Gasteiger partial charge >= 0.3 is 5.97 Å². The minimum absolute atomic E-state index is 0.0872. The summed E-state index contributed by atoms with van der Waals surface area (Å²) >= 11 is 0. The quantitative estimate of drug-likeness (QED) is 0.496. The lowest BCUT2D eigenvalue weighted by Gasteiger charge is -2.06. The molecule has 9 nitrogen and oxygen atoms in total. The van der Waals surface area contributed by atoms with E-state index < -0.39 is 5.97 Å². The molecule has 0 atom stereocenters. The van der Waals surface area contributed by atoms with Gasteiger partial charge in [-0.2, -0.15) is 0 Å². The molecule has 0 bridgehead atoms. The van der Waals surface area contributed by atoms with Crippen LogP contribution in [0.4, 0.5) is 5.69 Å². The molecule has 0 fully saturated rings. The maximum atomic E-state index is 11.7. The molecule has 0 saturated heterocycles. The van der Waals surface area contributed by atoms with Crippen LogP contribution in [0.15, 0.2) is 29.6 Å². The van der Waals surface area contributed by atoms with Gasteiger partial charge in [-0.1, -0.05) is 0 Å². The van der Waals surface area contributed by atoms with Gasteiger partial charge in [-0.3, -0.25) is 4.79 Å². The van der Waals surface area contributed by atoms with Gasteiger partial charge in [0.1, 0.15) is 6.33 Å². The fraction of sp³-hybridized carbons (Fsp3) is 0.0833. The predicted octanol–water partition coefficient (Wildman–Crippen LogP) is -0.127. The minimum Gasteiger partial charge on any atom is -0.463 e. The molecule has 3 N–H and O–H groups in total. The third kappa shape index (κ3) is 2.10. The molecule has 0 aliphatic heterocycles. The third-order valence-corrected chi connectivity index (χ3v) is 2.90. The van der Waals surface area contributed by atoms with Gasteiger partial charge in [-0.15, -0.1) is 5.10 Å². The topological polar surface area (TPSA) is 129 Å². The summed E-state index contributed by atoms with van der Waals surface area (Å²) < 4.78 is 5.86. The summed E-state index contributed by atoms with van der Waals surface area (Å²) in [4.78, 5) is 33.4. The van der Waals surface area contributed by atoms with Crippen LogP contribution in [0.3, 0.4) is 0 Å². The molecule has 3 aromatic rings. The molecule has 106 valence electrons. The molecule has 0 unspecified atom stereocenters. The lowest BCUT2D eigenvalue weighted by atomic mass is 10.2. The van der Waals surface area contributed by atoms with E-state index in [0.29, 0.717) is 22.3 Å². The first-order chi connectivity index (χ1) is 10.1. The molecule has 0 spiro atoms. The van der Waals surface area contributed by atoms with Gasteiger partial charge in [0.25, 0.3) is 11.4 Å². The maximum Gasteiger partial charge on any atom is 0.377 e. The Balaban J connectivity index is 2.16. The Morgan fingerprint density at radius 2 is 2.19 bits per heavy atom. The van der Waals surface area contributed by atoms with Crippen molar-refractivity contribution in [2.45, 2.75) is 0 Å². The number of anilines is 1. The van der Waals surface area contributed by atoms with Crippen molar-refractivity contribution in [2.24, 2.45) is 0 Å². The number of rotatable bonds is 2. The first-order valence-corrected chi connectivity index (χ1v) is 5.87. The lowest BCUT2D eigenvalue weighted by Crippen LogP contribution is -2.09. The van der Waals surface area contributed by atoms with E-state index in [1.54, 1.807) is 6.07 Å². The zero-order valence-electron chi connectivity index (χ0n) is 10.9. The number of ether oxygens (including phenoxy) is 1. The molecule has 0 saturated carbocycles. The lowest BCUT2D eigenvalue weighted by molar-refractivity contribution is 0.0587. The molecule has 2 aromatic heterocycles. The minimum atomic E-state index is -0.650. The van der Waals surface area contributed by atoms with Crippen LogP contribution in [0.5, 0.6) is 0 Å². The molecule has 0 radical (unpaired) electrons. The number of nitrogen functional groups attached to an aromatic ring is 1. The Bertz CT molecular complexity index is 897. The number of esters is 1. The second-order valence-electron chi connectivity index (χ2n) is 4.16. The SMILES string of the molecule is COC(=O)c1ncn(-c2cc3nc[nH]c(=O)c3cc2N)n1. The Kier molecular flexibility index (Phi) is 2.87. The first-order valence-electron chi connectivity index (χ1n) is 5.87. The number of aromatic nitrogens is 5. The highest BCUT2D eigenvalue weighted by molar-refractivity contribution is 5.86. The van der Waals surface area contributed by atoms with E-state index in [0.717, 1.165) is 0 Å². The van der Waals surface area contributed by atoms with Crippen LogP contribution in [-0.4, -0.2) is 37.8 Å². The fourth-order valence-electron chi connectivity index (χ4n) is 1.88. The van der Waals surface area contributed by atoms with Crippen molar-refractivity contribution >= 4 is 22.6 Å². The monoisotopic (exact) mass is 286 g/mol. The number of H-pyrrole nitrogens is 1. The van der Waals surface area contributed by atoms with E-state index in [1.165, 1.54) is 30.5 Å². The number of carbonyl (C=O) groups excluding carboxylic acids is 1. The number of nitrogens with two attached hydrogens (primary N) is 1. The van der Waals surface area contributed by atoms with Crippen molar-refractivity contribution < 1.29 is 9.53 Å². The van der Waals surface area contributed by atoms with Crippen LogP contribution >= 0.6 is 0 Å². The number of aromatic amines is 1. The number of nitrogens with one attached hydrogen (secondary N) is 1. The average Bonchev–Trinajstić information content (AvgIpc) is 2.96. The molecule has 1 aromatic carbocycles. The van der Waals surface area contributed by atoms with Gasteiger partial charge in [-0.25, -0.2) is 19.4 Å². The van der Waals surface area contributed by atoms with Gasteiger partial charge in [0, 0.05) is 0 Å². The Morgan fingerprint density at radius 3 is 2.95 bits per heavy atom. The van der Waals surface area contributed by atoms with Crippen molar-refractivity contribution in [3.63, 3.8) is 0 Å². The molecule has 2 heterocycles. The van der Waals surface area contributed by atoms with Crippen LogP contribution in [0, 0.1) is 0 Å².